The third kappa shape index (κ3) is 4.04. The van der Waals surface area contributed by atoms with Crippen LogP contribution in [0.3, 0.4) is 0 Å². The van der Waals surface area contributed by atoms with Gasteiger partial charge < -0.3 is 4.42 Å². The van der Waals surface area contributed by atoms with E-state index in [-0.39, 0.29) is 11.6 Å². The van der Waals surface area contributed by atoms with E-state index in [1.807, 2.05) is 31.2 Å². The van der Waals surface area contributed by atoms with E-state index in [0.717, 1.165) is 11.3 Å². The first-order valence-corrected chi connectivity index (χ1v) is 9.90. The zero-order chi connectivity index (χ0) is 21.3. The maximum Gasteiger partial charge on any atom is 0.270 e. The third-order valence-electron chi connectivity index (χ3n) is 4.50. The van der Waals surface area contributed by atoms with E-state index in [4.69, 9.17) is 4.42 Å². The van der Waals surface area contributed by atoms with Crippen molar-refractivity contribution in [2.75, 3.05) is 7.05 Å². The Morgan fingerprint density at radius 2 is 1.90 bits per heavy atom. The first-order valence-electron chi connectivity index (χ1n) is 9.08. The Labute approximate surface area is 176 Å². The van der Waals surface area contributed by atoms with Gasteiger partial charge in [0, 0.05) is 30.8 Å². The van der Waals surface area contributed by atoms with Crippen molar-refractivity contribution < 1.29 is 14.1 Å². The lowest BCUT2D eigenvalue weighted by atomic mass is 10.1. The predicted octanol–water partition coefficient (Wildman–Crippen LogP) is 5.40. The van der Waals surface area contributed by atoms with Gasteiger partial charge in [0.2, 0.25) is 0 Å². The van der Waals surface area contributed by atoms with Crippen LogP contribution in [0, 0.1) is 17.0 Å². The average Bonchev–Trinajstić information content (AvgIpc) is 3.31. The molecule has 4 rings (SSSR count). The highest BCUT2D eigenvalue weighted by atomic mass is 32.2. The van der Waals surface area contributed by atoms with Crippen molar-refractivity contribution >= 4 is 40.3 Å². The fourth-order valence-corrected chi connectivity index (χ4v) is 3.84. The van der Waals surface area contributed by atoms with Gasteiger partial charge in [-0.2, -0.15) is 0 Å². The molecule has 1 amide bonds. The lowest BCUT2D eigenvalue weighted by molar-refractivity contribution is -0.384. The van der Waals surface area contributed by atoms with Crippen LogP contribution in [0.1, 0.15) is 11.3 Å². The minimum Gasteiger partial charge on any atom is -0.457 e. The monoisotopic (exact) mass is 419 g/mol. The number of nitro benzene ring substituents is 1. The summed E-state index contributed by atoms with van der Waals surface area (Å²) >= 11 is 1.27. The van der Waals surface area contributed by atoms with Gasteiger partial charge in [0.15, 0.2) is 5.17 Å². The van der Waals surface area contributed by atoms with Crippen LogP contribution in [-0.4, -0.2) is 27.9 Å². The normalized spacial score (nSPS) is 16.6. The first kappa shape index (κ1) is 19.7. The summed E-state index contributed by atoms with van der Waals surface area (Å²) in [7, 11) is 1.68. The van der Waals surface area contributed by atoms with Gasteiger partial charge in [-0.05, 0) is 43.0 Å². The van der Waals surface area contributed by atoms with E-state index in [9.17, 15) is 14.9 Å². The van der Waals surface area contributed by atoms with Crippen LogP contribution in [0.4, 0.5) is 11.4 Å². The van der Waals surface area contributed by atoms with Gasteiger partial charge in [0.25, 0.3) is 11.6 Å². The molecule has 1 aliphatic heterocycles. The third-order valence-corrected chi connectivity index (χ3v) is 5.56. The van der Waals surface area contributed by atoms with Crippen molar-refractivity contribution in [1.29, 1.82) is 0 Å². The van der Waals surface area contributed by atoms with Crippen molar-refractivity contribution in [3.05, 3.63) is 87.0 Å². The van der Waals surface area contributed by atoms with Gasteiger partial charge in [0.1, 0.15) is 11.5 Å². The molecule has 30 heavy (non-hydrogen) atoms. The first-order chi connectivity index (χ1) is 14.4. The average molecular weight is 419 g/mol. The van der Waals surface area contributed by atoms with Crippen molar-refractivity contribution in [2.24, 2.45) is 4.99 Å². The highest BCUT2D eigenvalue weighted by Gasteiger charge is 2.30. The smallest absolute Gasteiger partial charge is 0.270 e. The summed E-state index contributed by atoms with van der Waals surface area (Å²) in [6.07, 6.45) is 1.65. The molecule has 150 valence electrons. The van der Waals surface area contributed by atoms with E-state index in [1.165, 1.54) is 28.8 Å². The molecular formula is C22H17N3O4S. The molecule has 1 aliphatic rings. The Bertz CT molecular complexity index is 1200. The van der Waals surface area contributed by atoms with Crippen molar-refractivity contribution in [1.82, 2.24) is 4.90 Å². The van der Waals surface area contributed by atoms with Gasteiger partial charge in [0.05, 0.1) is 15.5 Å². The number of likely N-dealkylation sites (N-methyl/N-ethyl adjacent to an activating group) is 1. The number of carbonyl (C=O) groups is 1. The zero-order valence-corrected chi connectivity index (χ0v) is 17.1. The molecule has 0 radical (unpaired) electrons. The number of rotatable bonds is 4. The standard InChI is InChI=1S/C22H17N3O4S/c1-14-6-8-16(9-7-14)23-22-24(2)21(26)20(30-22)13-18-10-11-19(29-18)15-4-3-5-17(12-15)25(27)28/h3-13H,1-2H3/b20-13+,23-22?. The fraction of sp³-hybridized carbons (Fsp3) is 0.0909. The number of nitro groups is 1. The minimum atomic E-state index is -0.450. The number of aryl methyl sites for hydroxylation is 1. The SMILES string of the molecule is Cc1ccc(N=C2S/C(=C/c3ccc(-c4cccc([N+](=O)[O-])c4)o3)C(=O)N2C)cc1. The van der Waals surface area contributed by atoms with Gasteiger partial charge in [-0.3, -0.25) is 19.8 Å². The minimum absolute atomic E-state index is 0.0103. The summed E-state index contributed by atoms with van der Waals surface area (Å²) in [5.41, 5.74) is 2.50. The number of hydrogen-bond donors (Lipinski definition) is 0. The van der Waals surface area contributed by atoms with Gasteiger partial charge >= 0.3 is 0 Å². The van der Waals surface area contributed by atoms with Crippen LogP contribution >= 0.6 is 11.8 Å². The number of non-ortho nitro benzene ring substituents is 1. The number of benzene rings is 2. The Kier molecular flexibility index (Phi) is 5.24. The van der Waals surface area contributed by atoms with E-state index in [2.05, 4.69) is 4.99 Å². The van der Waals surface area contributed by atoms with Crippen molar-refractivity contribution in [3.63, 3.8) is 0 Å². The van der Waals surface area contributed by atoms with Crippen LogP contribution < -0.4 is 0 Å². The molecule has 1 saturated heterocycles. The summed E-state index contributed by atoms with van der Waals surface area (Å²) in [6, 6.07) is 17.4. The molecule has 3 aromatic rings. The lowest BCUT2D eigenvalue weighted by Gasteiger charge is -2.07. The fourth-order valence-electron chi connectivity index (χ4n) is 2.87. The molecular weight excluding hydrogens is 402 g/mol. The summed E-state index contributed by atoms with van der Waals surface area (Å²) in [6.45, 7) is 2.00. The number of furan rings is 1. The number of thioether (sulfide) groups is 1. The largest absolute Gasteiger partial charge is 0.457 e. The number of nitrogens with zero attached hydrogens (tertiary/aromatic N) is 3. The number of carbonyl (C=O) groups excluding carboxylic acids is 1. The molecule has 0 N–H and O–H groups in total. The topological polar surface area (TPSA) is 89.0 Å². The Morgan fingerprint density at radius 3 is 2.63 bits per heavy atom. The summed E-state index contributed by atoms with van der Waals surface area (Å²) < 4.78 is 5.79. The van der Waals surface area contributed by atoms with Gasteiger partial charge in [-0.1, -0.05) is 29.8 Å². The van der Waals surface area contributed by atoms with Crippen LogP contribution in [0.5, 0.6) is 0 Å². The van der Waals surface area contributed by atoms with E-state index in [1.54, 1.807) is 37.4 Å². The zero-order valence-electron chi connectivity index (χ0n) is 16.2. The molecule has 0 unspecified atom stereocenters. The molecule has 0 spiro atoms. The lowest BCUT2D eigenvalue weighted by Crippen LogP contribution is -2.23. The molecule has 1 aromatic heterocycles. The number of hydrogen-bond acceptors (Lipinski definition) is 6. The van der Waals surface area contributed by atoms with Crippen molar-refractivity contribution in [2.45, 2.75) is 6.92 Å². The van der Waals surface area contributed by atoms with Gasteiger partial charge in [-0.15, -0.1) is 0 Å². The van der Waals surface area contributed by atoms with Gasteiger partial charge in [-0.25, -0.2) is 4.99 Å². The Balaban J connectivity index is 1.58. The molecule has 0 aliphatic carbocycles. The summed E-state index contributed by atoms with van der Waals surface area (Å²) in [5, 5.41) is 11.6. The second kappa shape index (κ2) is 8.00. The van der Waals surface area contributed by atoms with Crippen LogP contribution in [0.25, 0.3) is 17.4 Å². The highest BCUT2D eigenvalue weighted by molar-refractivity contribution is 8.18. The van der Waals surface area contributed by atoms with Crippen LogP contribution in [-0.2, 0) is 4.79 Å². The molecule has 2 heterocycles. The molecule has 1 fully saturated rings. The molecule has 2 aromatic carbocycles. The predicted molar refractivity (Wildman–Crippen MR) is 117 cm³/mol. The second-order valence-electron chi connectivity index (χ2n) is 6.71. The van der Waals surface area contributed by atoms with Crippen LogP contribution in [0.15, 0.2) is 75.0 Å². The van der Waals surface area contributed by atoms with Crippen LogP contribution in [0.2, 0.25) is 0 Å². The van der Waals surface area contributed by atoms with E-state index >= 15 is 0 Å². The maximum atomic E-state index is 12.6. The maximum absolute atomic E-state index is 12.6. The number of amides is 1. The van der Waals surface area contributed by atoms with E-state index in [0.29, 0.717) is 27.2 Å². The highest BCUT2D eigenvalue weighted by Crippen LogP contribution is 2.34. The van der Waals surface area contributed by atoms with Crippen molar-refractivity contribution in [3.8, 4) is 11.3 Å². The molecule has 0 saturated carbocycles. The van der Waals surface area contributed by atoms with E-state index < -0.39 is 4.92 Å². The molecule has 0 bridgehead atoms. The molecule has 0 atom stereocenters. The number of aliphatic imine (C=N–C) groups is 1. The second-order valence-corrected chi connectivity index (χ2v) is 7.72. The molecule has 7 nitrogen and oxygen atoms in total. The quantitative estimate of drug-likeness (QED) is 0.321. The molecule has 8 heteroatoms. The Morgan fingerprint density at radius 1 is 1.13 bits per heavy atom. The Hall–Kier alpha value is -3.65. The summed E-state index contributed by atoms with van der Waals surface area (Å²) in [5.74, 6) is 0.805. The summed E-state index contributed by atoms with van der Waals surface area (Å²) in [4.78, 5) is 29.7. The number of amidine groups is 1.